The highest BCUT2D eigenvalue weighted by Crippen LogP contribution is 2.42. The van der Waals surface area contributed by atoms with Gasteiger partial charge in [-0.05, 0) is 12.8 Å². The molecule has 1 aliphatic carbocycles. The summed E-state index contributed by atoms with van der Waals surface area (Å²) in [6.07, 6.45) is -1.43. The molecule has 1 atom stereocenters. The van der Waals surface area contributed by atoms with E-state index in [1.807, 2.05) is 0 Å². The molecule has 0 amide bonds. The van der Waals surface area contributed by atoms with Crippen molar-refractivity contribution in [1.82, 2.24) is 9.55 Å². The first-order chi connectivity index (χ1) is 7.89. The molecule has 1 saturated carbocycles. The molecule has 0 aliphatic heterocycles. The zero-order valence-corrected chi connectivity index (χ0v) is 8.81. The summed E-state index contributed by atoms with van der Waals surface area (Å²) < 4.78 is 39.9. The van der Waals surface area contributed by atoms with Crippen molar-refractivity contribution in [3.63, 3.8) is 0 Å². The number of carboxylic acids is 1. The number of carboxylic acid groups (broad SMARTS) is 1. The van der Waals surface area contributed by atoms with Gasteiger partial charge in [0, 0.05) is 12.2 Å². The topological polar surface area (TPSA) is 55.1 Å². The van der Waals surface area contributed by atoms with Gasteiger partial charge in [0.25, 0.3) is 0 Å². The van der Waals surface area contributed by atoms with Gasteiger partial charge in [0.05, 0.1) is 18.4 Å². The van der Waals surface area contributed by atoms with Crippen LogP contribution in [0.2, 0.25) is 0 Å². The molecule has 1 fully saturated rings. The lowest BCUT2D eigenvalue weighted by Crippen LogP contribution is -2.25. The van der Waals surface area contributed by atoms with Gasteiger partial charge >= 0.3 is 12.1 Å². The summed E-state index contributed by atoms with van der Waals surface area (Å²) in [5.41, 5.74) is -0.0533. The monoisotopic (exact) mass is 248 g/mol. The second-order valence-corrected chi connectivity index (χ2v) is 4.15. The minimum Gasteiger partial charge on any atom is -0.481 e. The van der Waals surface area contributed by atoms with Gasteiger partial charge in [0.2, 0.25) is 0 Å². The Kier molecular flexibility index (Phi) is 2.84. The molecule has 1 aromatic heterocycles. The van der Waals surface area contributed by atoms with Crippen LogP contribution < -0.4 is 0 Å². The molecule has 17 heavy (non-hydrogen) atoms. The number of halogens is 3. The van der Waals surface area contributed by atoms with Crippen molar-refractivity contribution in [2.75, 3.05) is 0 Å². The van der Waals surface area contributed by atoms with Gasteiger partial charge in [-0.25, -0.2) is 4.98 Å². The van der Waals surface area contributed by atoms with E-state index in [0.29, 0.717) is 0 Å². The van der Waals surface area contributed by atoms with Gasteiger partial charge < -0.3 is 9.67 Å². The Morgan fingerprint density at radius 3 is 2.71 bits per heavy atom. The van der Waals surface area contributed by atoms with Gasteiger partial charge in [-0.2, -0.15) is 13.2 Å². The van der Waals surface area contributed by atoms with Crippen molar-refractivity contribution >= 4 is 5.97 Å². The summed E-state index contributed by atoms with van der Waals surface area (Å²) in [4.78, 5) is 14.2. The van der Waals surface area contributed by atoms with Crippen molar-refractivity contribution in [1.29, 1.82) is 0 Å². The second-order valence-electron chi connectivity index (χ2n) is 4.15. The molecule has 0 spiro atoms. The van der Waals surface area contributed by atoms with E-state index >= 15 is 0 Å². The maximum absolute atomic E-state index is 12.8. The second kappa shape index (κ2) is 4.05. The predicted molar refractivity (Wildman–Crippen MR) is 51.5 cm³/mol. The molecule has 1 aliphatic rings. The summed E-state index contributed by atoms with van der Waals surface area (Å²) in [5, 5.41) is 8.56. The largest absolute Gasteiger partial charge is 0.481 e. The Labute approximate surface area is 95.1 Å². The normalized spacial score (nSPS) is 18.1. The van der Waals surface area contributed by atoms with Crippen LogP contribution in [0.5, 0.6) is 0 Å². The molecule has 0 aromatic carbocycles. The summed E-state index contributed by atoms with van der Waals surface area (Å²) >= 11 is 0. The Morgan fingerprint density at radius 1 is 1.59 bits per heavy atom. The first-order valence-electron chi connectivity index (χ1n) is 5.20. The van der Waals surface area contributed by atoms with Crippen LogP contribution in [0.15, 0.2) is 12.5 Å². The maximum Gasteiger partial charge on any atom is 0.397 e. The smallest absolute Gasteiger partial charge is 0.397 e. The predicted octanol–water partition coefficient (Wildman–Crippen LogP) is 2.34. The number of hydrogen-bond acceptors (Lipinski definition) is 2. The van der Waals surface area contributed by atoms with E-state index in [1.165, 1.54) is 10.9 Å². The fourth-order valence-electron chi connectivity index (χ4n) is 1.81. The summed E-state index contributed by atoms with van der Waals surface area (Å²) in [7, 11) is 0. The number of hydrogen-bond donors (Lipinski definition) is 1. The number of imidazole rings is 1. The zero-order chi connectivity index (χ0) is 12.6. The highest BCUT2D eigenvalue weighted by atomic mass is 19.4. The summed E-state index contributed by atoms with van der Waals surface area (Å²) in [6, 6.07) is 0.0474. The standard InChI is InChI=1S/C10H11F3N2O2/c11-10(12,13)7(3-9(16)17)8-4-14-5-15(8)6-1-2-6/h4-7H,1-3H2,(H,16,17). The fourth-order valence-corrected chi connectivity index (χ4v) is 1.81. The number of carbonyl (C=O) groups is 1. The number of aromatic nitrogens is 2. The molecule has 0 radical (unpaired) electrons. The van der Waals surface area contributed by atoms with Crippen LogP contribution in [0.25, 0.3) is 0 Å². The third-order valence-electron chi connectivity index (χ3n) is 2.77. The molecule has 4 nitrogen and oxygen atoms in total. The average Bonchev–Trinajstić information content (AvgIpc) is 2.92. The molecule has 1 aromatic rings. The van der Waals surface area contributed by atoms with E-state index in [-0.39, 0.29) is 11.7 Å². The van der Waals surface area contributed by atoms with Crippen LogP contribution in [0, 0.1) is 0 Å². The molecule has 0 bridgehead atoms. The van der Waals surface area contributed by atoms with E-state index in [9.17, 15) is 18.0 Å². The van der Waals surface area contributed by atoms with Crippen LogP contribution in [0.4, 0.5) is 13.2 Å². The van der Waals surface area contributed by atoms with Crippen molar-refractivity contribution in [2.45, 2.75) is 37.4 Å². The van der Waals surface area contributed by atoms with Crippen molar-refractivity contribution in [3.05, 3.63) is 18.2 Å². The number of nitrogens with zero attached hydrogens (tertiary/aromatic N) is 2. The summed E-state index contributed by atoms with van der Waals surface area (Å²) in [6.45, 7) is 0. The van der Waals surface area contributed by atoms with Gasteiger partial charge in [0.15, 0.2) is 0 Å². The van der Waals surface area contributed by atoms with Crippen LogP contribution in [0.1, 0.15) is 36.9 Å². The highest BCUT2D eigenvalue weighted by molar-refractivity contribution is 5.68. The Bertz CT molecular complexity index is 423. The Balaban J connectivity index is 2.30. The van der Waals surface area contributed by atoms with Crippen LogP contribution in [-0.4, -0.2) is 26.8 Å². The first-order valence-corrected chi connectivity index (χ1v) is 5.20. The van der Waals surface area contributed by atoms with Crippen molar-refractivity contribution in [3.8, 4) is 0 Å². The quantitative estimate of drug-likeness (QED) is 0.889. The lowest BCUT2D eigenvalue weighted by atomic mass is 10.0. The van der Waals surface area contributed by atoms with Crippen molar-refractivity contribution in [2.24, 2.45) is 0 Å². The number of aliphatic carboxylic acids is 1. The molecular formula is C10H11F3N2O2. The molecule has 1 N–H and O–H groups in total. The average molecular weight is 248 g/mol. The third kappa shape index (κ3) is 2.59. The highest BCUT2D eigenvalue weighted by Gasteiger charge is 2.45. The third-order valence-corrected chi connectivity index (χ3v) is 2.77. The molecule has 94 valence electrons. The Hall–Kier alpha value is -1.53. The minimum absolute atomic E-state index is 0.0474. The lowest BCUT2D eigenvalue weighted by Gasteiger charge is -2.20. The van der Waals surface area contributed by atoms with Crippen LogP contribution >= 0.6 is 0 Å². The number of rotatable bonds is 4. The zero-order valence-electron chi connectivity index (χ0n) is 8.81. The van der Waals surface area contributed by atoms with E-state index in [2.05, 4.69) is 4.98 Å². The van der Waals surface area contributed by atoms with Gasteiger partial charge in [-0.1, -0.05) is 0 Å². The fraction of sp³-hybridized carbons (Fsp3) is 0.600. The van der Waals surface area contributed by atoms with Gasteiger partial charge in [-0.3, -0.25) is 4.79 Å². The molecule has 1 heterocycles. The molecule has 7 heteroatoms. The van der Waals surface area contributed by atoms with Crippen molar-refractivity contribution < 1.29 is 23.1 Å². The minimum atomic E-state index is -4.56. The van der Waals surface area contributed by atoms with E-state index in [1.54, 1.807) is 0 Å². The molecule has 2 rings (SSSR count). The van der Waals surface area contributed by atoms with Gasteiger partial charge in [-0.15, -0.1) is 0 Å². The van der Waals surface area contributed by atoms with Crippen LogP contribution in [0.3, 0.4) is 0 Å². The van der Waals surface area contributed by atoms with Gasteiger partial charge in [0.1, 0.15) is 5.92 Å². The van der Waals surface area contributed by atoms with E-state index < -0.39 is 24.5 Å². The molecule has 0 saturated heterocycles. The molecule has 1 unspecified atom stereocenters. The SMILES string of the molecule is O=C(O)CC(c1cncn1C1CC1)C(F)(F)F. The molecular weight excluding hydrogens is 237 g/mol. The van der Waals surface area contributed by atoms with E-state index in [4.69, 9.17) is 5.11 Å². The summed E-state index contributed by atoms with van der Waals surface area (Å²) in [5.74, 6) is -3.45. The van der Waals surface area contributed by atoms with E-state index in [0.717, 1.165) is 19.0 Å². The number of alkyl halides is 3. The van der Waals surface area contributed by atoms with Crippen LogP contribution in [-0.2, 0) is 4.79 Å². The maximum atomic E-state index is 12.8. The first kappa shape index (κ1) is 11.9. The lowest BCUT2D eigenvalue weighted by molar-refractivity contribution is -0.164. The Morgan fingerprint density at radius 2 is 2.24 bits per heavy atom.